The van der Waals surface area contributed by atoms with Gasteiger partial charge in [0.1, 0.15) is 10.6 Å². The number of nitrogens with zero attached hydrogens (tertiary/aromatic N) is 2. The molecule has 1 atom stereocenters. The van der Waals surface area contributed by atoms with Crippen LogP contribution in [0.1, 0.15) is 26.2 Å². The molecule has 1 aliphatic heterocycles. The summed E-state index contributed by atoms with van der Waals surface area (Å²) < 4.78 is 7.26. The molecule has 4 rings (SSSR count). The lowest BCUT2D eigenvalue weighted by atomic mass is 10.1. The van der Waals surface area contributed by atoms with Gasteiger partial charge in [0.05, 0.1) is 18.3 Å². The average molecular weight is 369 g/mol. The number of benzene rings is 1. The molecule has 0 unspecified atom stereocenters. The molecule has 3 aromatic rings. The summed E-state index contributed by atoms with van der Waals surface area (Å²) in [5, 5.41) is 6.23. The number of ether oxygens (including phenoxy) is 1. The van der Waals surface area contributed by atoms with Crippen LogP contribution in [-0.2, 0) is 6.54 Å². The van der Waals surface area contributed by atoms with E-state index < -0.39 is 0 Å². The fraction of sp³-hybridized carbons (Fsp3) is 0.400. The molecule has 3 heterocycles. The molecule has 136 valence electrons. The number of thiophene rings is 1. The van der Waals surface area contributed by atoms with Crippen LogP contribution in [-0.4, -0.2) is 28.7 Å². The van der Waals surface area contributed by atoms with E-state index in [-0.39, 0.29) is 5.56 Å². The molecule has 0 spiro atoms. The topological polar surface area (TPSA) is 56.1 Å². The van der Waals surface area contributed by atoms with Gasteiger partial charge in [0.15, 0.2) is 0 Å². The maximum absolute atomic E-state index is 13.0. The largest absolute Gasteiger partial charge is 0.494 e. The van der Waals surface area contributed by atoms with Gasteiger partial charge >= 0.3 is 0 Å². The smallest absolute Gasteiger partial charge is 0.262 e. The summed E-state index contributed by atoms with van der Waals surface area (Å²) >= 11 is 1.52. The maximum Gasteiger partial charge on any atom is 0.262 e. The van der Waals surface area contributed by atoms with Crippen LogP contribution in [0.4, 0.5) is 0 Å². The van der Waals surface area contributed by atoms with E-state index in [0.29, 0.717) is 19.2 Å². The van der Waals surface area contributed by atoms with Crippen molar-refractivity contribution in [3.63, 3.8) is 0 Å². The Morgan fingerprint density at radius 2 is 2.19 bits per heavy atom. The summed E-state index contributed by atoms with van der Waals surface area (Å²) in [5.74, 6) is 0.843. The van der Waals surface area contributed by atoms with Crippen LogP contribution >= 0.6 is 11.3 Å². The molecule has 0 radical (unpaired) electrons. The van der Waals surface area contributed by atoms with Crippen molar-refractivity contribution in [3.8, 4) is 16.9 Å². The highest BCUT2D eigenvalue weighted by atomic mass is 32.1. The third kappa shape index (κ3) is 3.39. The van der Waals surface area contributed by atoms with Gasteiger partial charge in [-0.1, -0.05) is 12.1 Å². The molecule has 1 aliphatic rings. The van der Waals surface area contributed by atoms with Crippen molar-refractivity contribution >= 4 is 21.6 Å². The first kappa shape index (κ1) is 17.2. The van der Waals surface area contributed by atoms with Crippen LogP contribution in [0.25, 0.3) is 21.3 Å². The first-order chi connectivity index (χ1) is 12.8. The van der Waals surface area contributed by atoms with Crippen LogP contribution in [0.2, 0.25) is 0 Å². The molecule has 0 saturated carbocycles. The molecule has 1 N–H and O–H groups in total. The van der Waals surface area contributed by atoms with Gasteiger partial charge in [-0.05, 0) is 50.4 Å². The first-order valence-corrected chi connectivity index (χ1v) is 10.1. The summed E-state index contributed by atoms with van der Waals surface area (Å²) in [6, 6.07) is 8.43. The molecule has 26 heavy (non-hydrogen) atoms. The van der Waals surface area contributed by atoms with Gasteiger partial charge in [-0.25, -0.2) is 4.98 Å². The van der Waals surface area contributed by atoms with Crippen molar-refractivity contribution in [2.24, 2.45) is 0 Å². The van der Waals surface area contributed by atoms with E-state index in [9.17, 15) is 4.79 Å². The highest BCUT2D eigenvalue weighted by molar-refractivity contribution is 7.17. The Labute approximate surface area is 156 Å². The van der Waals surface area contributed by atoms with E-state index >= 15 is 0 Å². The van der Waals surface area contributed by atoms with E-state index in [1.165, 1.54) is 24.2 Å². The van der Waals surface area contributed by atoms with Crippen LogP contribution < -0.4 is 15.6 Å². The Kier molecular flexibility index (Phi) is 5.04. The minimum atomic E-state index is 0.0538. The lowest BCUT2D eigenvalue weighted by Crippen LogP contribution is -2.27. The Bertz CT molecular complexity index is 940. The van der Waals surface area contributed by atoms with Gasteiger partial charge in [-0.2, -0.15) is 0 Å². The van der Waals surface area contributed by atoms with E-state index in [0.717, 1.165) is 40.1 Å². The Hall–Kier alpha value is -2.18. The highest BCUT2D eigenvalue weighted by Crippen LogP contribution is 2.31. The second kappa shape index (κ2) is 7.60. The minimum absolute atomic E-state index is 0.0538. The fourth-order valence-corrected chi connectivity index (χ4v) is 4.44. The molecule has 1 saturated heterocycles. The zero-order chi connectivity index (χ0) is 17.9. The van der Waals surface area contributed by atoms with E-state index in [4.69, 9.17) is 4.74 Å². The van der Waals surface area contributed by atoms with Crippen LogP contribution in [0.3, 0.4) is 0 Å². The molecule has 1 fully saturated rings. The summed E-state index contributed by atoms with van der Waals surface area (Å²) in [4.78, 5) is 18.4. The number of fused-ring (bicyclic) bond motifs is 1. The summed E-state index contributed by atoms with van der Waals surface area (Å²) in [6.45, 7) is 4.40. The molecular weight excluding hydrogens is 346 g/mol. The maximum atomic E-state index is 13.0. The third-order valence-corrected chi connectivity index (χ3v) is 5.80. The second-order valence-electron chi connectivity index (χ2n) is 6.61. The van der Waals surface area contributed by atoms with Gasteiger partial charge < -0.3 is 10.1 Å². The number of hydrogen-bond donors (Lipinski definition) is 1. The van der Waals surface area contributed by atoms with Crippen molar-refractivity contribution in [2.45, 2.75) is 38.8 Å². The Balaban J connectivity index is 1.65. The van der Waals surface area contributed by atoms with Gasteiger partial charge in [0.25, 0.3) is 5.56 Å². The van der Waals surface area contributed by atoms with Gasteiger partial charge in [-0.15, -0.1) is 11.3 Å². The minimum Gasteiger partial charge on any atom is -0.494 e. The molecular formula is C20H23N3O2S. The number of nitrogens with one attached hydrogen (secondary N) is 1. The number of aryl methyl sites for hydroxylation is 1. The third-order valence-electron chi connectivity index (χ3n) is 4.92. The zero-order valence-electron chi connectivity index (χ0n) is 14.9. The summed E-state index contributed by atoms with van der Waals surface area (Å²) in [7, 11) is 0. The van der Waals surface area contributed by atoms with Crippen molar-refractivity contribution in [1.82, 2.24) is 14.9 Å². The van der Waals surface area contributed by atoms with Gasteiger partial charge in [0, 0.05) is 23.5 Å². The van der Waals surface area contributed by atoms with Crippen molar-refractivity contribution in [1.29, 1.82) is 0 Å². The van der Waals surface area contributed by atoms with Crippen LogP contribution in [0.15, 0.2) is 40.8 Å². The zero-order valence-corrected chi connectivity index (χ0v) is 15.7. The first-order valence-electron chi connectivity index (χ1n) is 9.19. The van der Waals surface area contributed by atoms with E-state index in [1.807, 2.05) is 36.6 Å². The lowest BCUT2D eigenvalue weighted by molar-refractivity contribution is 0.340. The van der Waals surface area contributed by atoms with Crippen molar-refractivity contribution < 1.29 is 4.74 Å². The van der Waals surface area contributed by atoms with E-state index in [2.05, 4.69) is 10.3 Å². The second-order valence-corrected chi connectivity index (χ2v) is 7.47. The quantitative estimate of drug-likeness (QED) is 0.720. The molecule has 5 nitrogen and oxygen atoms in total. The van der Waals surface area contributed by atoms with Gasteiger partial charge in [-0.3, -0.25) is 9.36 Å². The average Bonchev–Trinajstić information content (AvgIpc) is 3.32. The number of hydrogen-bond acceptors (Lipinski definition) is 5. The van der Waals surface area contributed by atoms with Crippen LogP contribution in [0.5, 0.6) is 5.75 Å². The standard InChI is InChI=1S/C20H23N3O2S/c1-2-25-16-7-5-14(6-8-16)17-12-26-19-18(17)20(24)23(13-22-19)11-9-15-4-3-10-21-15/h5-8,12-13,15,21H,2-4,9-11H2,1H3/t15-/m0/s1. The predicted molar refractivity (Wildman–Crippen MR) is 106 cm³/mol. The summed E-state index contributed by atoms with van der Waals surface area (Å²) in [5.41, 5.74) is 2.03. The molecule has 0 aliphatic carbocycles. The number of aromatic nitrogens is 2. The predicted octanol–water partition coefficient (Wildman–Crippen LogP) is 3.67. The molecule has 0 bridgehead atoms. The monoisotopic (exact) mass is 369 g/mol. The SMILES string of the molecule is CCOc1ccc(-c2csc3ncn(CC[C@@H]4CCCN4)c(=O)c23)cc1. The van der Waals surface area contributed by atoms with Crippen LogP contribution in [0, 0.1) is 0 Å². The van der Waals surface area contributed by atoms with Gasteiger partial charge in [0.2, 0.25) is 0 Å². The summed E-state index contributed by atoms with van der Waals surface area (Å²) in [6.07, 6.45) is 5.08. The molecule has 6 heteroatoms. The molecule has 2 aromatic heterocycles. The van der Waals surface area contributed by atoms with Crippen molar-refractivity contribution in [2.75, 3.05) is 13.2 Å². The lowest BCUT2D eigenvalue weighted by Gasteiger charge is -2.11. The molecule has 0 amide bonds. The Morgan fingerprint density at radius 3 is 2.92 bits per heavy atom. The van der Waals surface area contributed by atoms with E-state index in [1.54, 1.807) is 10.9 Å². The molecule has 1 aromatic carbocycles. The fourth-order valence-electron chi connectivity index (χ4n) is 3.53. The highest BCUT2D eigenvalue weighted by Gasteiger charge is 2.16. The van der Waals surface area contributed by atoms with Crippen molar-refractivity contribution in [3.05, 3.63) is 46.3 Å². The normalized spacial score (nSPS) is 17.0. The number of rotatable bonds is 6. The Morgan fingerprint density at radius 1 is 1.35 bits per heavy atom.